The van der Waals surface area contributed by atoms with Crippen molar-refractivity contribution in [1.29, 1.82) is 5.26 Å². The van der Waals surface area contributed by atoms with Gasteiger partial charge in [-0.15, -0.1) is 0 Å². The molecule has 5 heteroatoms. The van der Waals surface area contributed by atoms with E-state index in [0.717, 1.165) is 19.3 Å². The smallest absolute Gasteiger partial charge is 0.227 e. The van der Waals surface area contributed by atoms with Gasteiger partial charge in [0.05, 0.1) is 12.7 Å². The van der Waals surface area contributed by atoms with E-state index in [2.05, 4.69) is 11.4 Å². The van der Waals surface area contributed by atoms with E-state index in [1.54, 1.807) is 18.2 Å². The molecule has 1 aromatic rings. The average molecular weight is 289 g/mol. The molecule has 1 rings (SSSR count). The highest BCUT2D eigenvalue weighted by Crippen LogP contribution is 2.28. The molecule has 2 unspecified atom stereocenters. The Morgan fingerprint density at radius 3 is 2.71 bits per heavy atom. The lowest BCUT2D eigenvalue weighted by molar-refractivity contribution is -0.119. The summed E-state index contributed by atoms with van der Waals surface area (Å²) in [5.41, 5.74) is 6.53. The molecule has 0 aromatic heterocycles. The fraction of sp³-hybridized carbons (Fsp3) is 0.500. The van der Waals surface area contributed by atoms with Crippen LogP contribution in [0.15, 0.2) is 18.2 Å². The van der Waals surface area contributed by atoms with Crippen LogP contribution in [0, 0.1) is 17.2 Å². The minimum atomic E-state index is -0.139. The SMILES string of the molecule is COc1cccc(C#N)c1NC(=O)C(C)CCCC(C)N. The van der Waals surface area contributed by atoms with Gasteiger partial charge in [0.2, 0.25) is 5.91 Å². The highest BCUT2D eigenvalue weighted by Gasteiger charge is 2.17. The van der Waals surface area contributed by atoms with Crippen LogP contribution in [0.3, 0.4) is 0 Å². The molecular formula is C16H23N3O2. The molecule has 0 aliphatic carbocycles. The summed E-state index contributed by atoms with van der Waals surface area (Å²) in [7, 11) is 1.51. The summed E-state index contributed by atoms with van der Waals surface area (Å²) < 4.78 is 5.20. The second kappa shape index (κ2) is 8.28. The van der Waals surface area contributed by atoms with Crippen molar-refractivity contribution in [3.05, 3.63) is 23.8 Å². The van der Waals surface area contributed by atoms with Gasteiger partial charge in [0.15, 0.2) is 0 Å². The lowest BCUT2D eigenvalue weighted by Crippen LogP contribution is -2.22. The molecule has 1 aromatic carbocycles. The highest BCUT2D eigenvalue weighted by molar-refractivity contribution is 5.95. The number of hydrogen-bond donors (Lipinski definition) is 2. The van der Waals surface area contributed by atoms with E-state index >= 15 is 0 Å². The Kier molecular flexibility index (Phi) is 6.70. The van der Waals surface area contributed by atoms with Crippen LogP contribution in [0.5, 0.6) is 5.75 Å². The Bertz CT molecular complexity index is 521. The van der Waals surface area contributed by atoms with Gasteiger partial charge in [-0.25, -0.2) is 0 Å². The van der Waals surface area contributed by atoms with Gasteiger partial charge in [-0.1, -0.05) is 19.4 Å². The van der Waals surface area contributed by atoms with E-state index in [0.29, 0.717) is 17.0 Å². The molecule has 1 amide bonds. The number of nitrogens with one attached hydrogen (secondary N) is 1. The van der Waals surface area contributed by atoms with Crippen molar-refractivity contribution in [1.82, 2.24) is 0 Å². The van der Waals surface area contributed by atoms with Crippen molar-refractivity contribution in [3.8, 4) is 11.8 Å². The van der Waals surface area contributed by atoms with Crippen molar-refractivity contribution in [2.75, 3.05) is 12.4 Å². The Morgan fingerprint density at radius 2 is 2.14 bits per heavy atom. The molecule has 5 nitrogen and oxygen atoms in total. The molecule has 0 heterocycles. The standard InChI is InChI=1S/C16H23N3O2/c1-11(6-4-7-12(2)18)16(20)19-15-13(10-17)8-5-9-14(15)21-3/h5,8-9,11-12H,4,6-7,18H2,1-3H3,(H,19,20). The number of methoxy groups -OCH3 is 1. The number of anilines is 1. The van der Waals surface area contributed by atoms with E-state index < -0.39 is 0 Å². The second-order valence-corrected chi connectivity index (χ2v) is 5.29. The van der Waals surface area contributed by atoms with Gasteiger partial charge in [0.1, 0.15) is 17.5 Å². The third-order valence-corrected chi connectivity index (χ3v) is 3.36. The largest absolute Gasteiger partial charge is 0.495 e. The van der Waals surface area contributed by atoms with Crippen molar-refractivity contribution in [2.45, 2.75) is 39.2 Å². The fourth-order valence-electron chi connectivity index (χ4n) is 2.05. The minimum absolute atomic E-state index is 0.110. The molecule has 0 saturated carbocycles. The quantitative estimate of drug-likeness (QED) is 0.807. The highest BCUT2D eigenvalue weighted by atomic mass is 16.5. The first-order chi connectivity index (χ1) is 9.99. The summed E-state index contributed by atoms with van der Waals surface area (Å²) >= 11 is 0. The maximum atomic E-state index is 12.2. The summed E-state index contributed by atoms with van der Waals surface area (Å²) in [5.74, 6) is 0.242. The molecule has 0 bridgehead atoms. The van der Waals surface area contributed by atoms with Gasteiger partial charge in [-0.3, -0.25) is 4.79 Å². The number of carbonyl (C=O) groups is 1. The van der Waals surface area contributed by atoms with E-state index in [4.69, 9.17) is 15.7 Å². The number of ether oxygens (including phenoxy) is 1. The van der Waals surface area contributed by atoms with Crippen LogP contribution < -0.4 is 15.8 Å². The van der Waals surface area contributed by atoms with Gasteiger partial charge < -0.3 is 15.8 Å². The zero-order valence-electron chi connectivity index (χ0n) is 12.8. The Labute approximate surface area is 126 Å². The van der Waals surface area contributed by atoms with Crippen LogP contribution in [0.1, 0.15) is 38.7 Å². The Morgan fingerprint density at radius 1 is 1.43 bits per heavy atom. The fourth-order valence-corrected chi connectivity index (χ4v) is 2.05. The number of carbonyl (C=O) groups excluding carboxylic acids is 1. The number of rotatable bonds is 7. The molecule has 21 heavy (non-hydrogen) atoms. The van der Waals surface area contributed by atoms with Gasteiger partial charge in [-0.05, 0) is 31.9 Å². The molecule has 0 saturated heterocycles. The van der Waals surface area contributed by atoms with Crippen LogP contribution in [0.25, 0.3) is 0 Å². The normalized spacial score (nSPS) is 13.1. The van der Waals surface area contributed by atoms with E-state index in [9.17, 15) is 4.79 Å². The predicted octanol–water partition coefficient (Wildman–Crippen LogP) is 2.66. The lowest BCUT2D eigenvalue weighted by atomic mass is 10.0. The molecule has 3 N–H and O–H groups in total. The summed E-state index contributed by atoms with van der Waals surface area (Å²) in [6.07, 6.45) is 2.57. The van der Waals surface area contributed by atoms with E-state index in [-0.39, 0.29) is 17.9 Å². The molecule has 0 aliphatic heterocycles. The Hall–Kier alpha value is -2.06. The lowest BCUT2D eigenvalue weighted by Gasteiger charge is -2.15. The third-order valence-electron chi connectivity index (χ3n) is 3.36. The Balaban J connectivity index is 2.72. The third kappa shape index (κ3) is 5.09. The number of hydrogen-bond acceptors (Lipinski definition) is 4. The number of para-hydroxylation sites is 1. The van der Waals surface area contributed by atoms with Crippen LogP contribution in [-0.4, -0.2) is 19.1 Å². The first-order valence-corrected chi connectivity index (χ1v) is 7.13. The predicted molar refractivity (Wildman–Crippen MR) is 83.0 cm³/mol. The summed E-state index contributed by atoms with van der Waals surface area (Å²) in [4.78, 5) is 12.2. The van der Waals surface area contributed by atoms with Crippen molar-refractivity contribution in [2.24, 2.45) is 11.7 Å². The molecule has 2 atom stereocenters. The first-order valence-electron chi connectivity index (χ1n) is 7.13. The first kappa shape index (κ1) is 17.0. The minimum Gasteiger partial charge on any atom is -0.495 e. The zero-order chi connectivity index (χ0) is 15.8. The van der Waals surface area contributed by atoms with Gasteiger partial charge in [0, 0.05) is 12.0 Å². The van der Waals surface area contributed by atoms with E-state index in [1.807, 2.05) is 13.8 Å². The molecule has 114 valence electrons. The van der Waals surface area contributed by atoms with Gasteiger partial charge >= 0.3 is 0 Å². The van der Waals surface area contributed by atoms with Crippen LogP contribution in [0.4, 0.5) is 5.69 Å². The summed E-state index contributed by atoms with van der Waals surface area (Å²) in [6.45, 7) is 3.83. The van der Waals surface area contributed by atoms with Crippen LogP contribution in [-0.2, 0) is 4.79 Å². The summed E-state index contributed by atoms with van der Waals surface area (Å²) in [6, 6.07) is 7.31. The maximum absolute atomic E-state index is 12.2. The molecule has 0 fully saturated rings. The molecule has 0 aliphatic rings. The molecule has 0 spiro atoms. The average Bonchev–Trinajstić information content (AvgIpc) is 2.46. The van der Waals surface area contributed by atoms with Crippen LogP contribution >= 0.6 is 0 Å². The molecule has 0 radical (unpaired) electrons. The van der Waals surface area contributed by atoms with Crippen molar-refractivity contribution >= 4 is 11.6 Å². The topological polar surface area (TPSA) is 88.1 Å². The van der Waals surface area contributed by atoms with Gasteiger partial charge in [0.25, 0.3) is 0 Å². The maximum Gasteiger partial charge on any atom is 0.227 e. The molecular weight excluding hydrogens is 266 g/mol. The summed E-state index contributed by atoms with van der Waals surface area (Å²) in [5, 5.41) is 11.9. The van der Waals surface area contributed by atoms with Gasteiger partial charge in [-0.2, -0.15) is 5.26 Å². The van der Waals surface area contributed by atoms with Crippen molar-refractivity contribution in [3.63, 3.8) is 0 Å². The second-order valence-electron chi connectivity index (χ2n) is 5.29. The zero-order valence-corrected chi connectivity index (χ0v) is 12.8. The number of benzene rings is 1. The number of nitriles is 1. The van der Waals surface area contributed by atoms with Crippen molar-refractivity contribution < 1.29 is 9.53 Å². The monoisotopic (exact) mass is 289 g/mol. The van der Waals surface area contributed by atoms with E-state index in [1.165, 1.54) is 7.11 Å². The number of amides is 1. The number of nitrogens with two attached hydrogens (primary N) is 1. The number of nitrogens with zero attached hydrogens (tertiary/aromatic N) is 1. The van der Waals surface area contributed by atoms with Crippen LogP contribution in [0.2, 0.25) is 0 Å².